The third-order valence-corrected chi connectivity index (χ3v) is 7.59. The molecule has 0 radical (unpaired) electrons. The fraction of sp³-hybridized carbons (Fsp3) is 0.161. The van der Waals surface area contributed by atoms with Crippen LogP contribution in [0.5, 0.6) is 0 Å². The van der Waals surface area contributed by atoms with Crippen LogP contribution in [-0.2, 0) is 4.79 Å². The quantitative estimate of drug-likeness (QED) is 0.445. The van der Waals surface area contributed by atoms with Crippen LogP contribution in [0.25, 0.3) is 34.1 Å². The van der Waals surface area contributed by atoms with Gasteiger partial charge in [0.2, 0.25) is 0 Å². The molecule has 3 aromatic carbocycles. The summed E-state index contributed by atoms with van der Waals surface area (Å²) in [6, 6.07) is 15.9. The summed E-state index contributed by atoms with van der Waals surface area (Å²) in [7, 11) is 0. The van der Waals surface area contributed by atoms with Crippen molar-refractivity contribution < 1.29 is 19.8 Å². The highest BCUT2D eigenvalue weighted by Crippen LogP contribution is 2.49. The van der Waals surface area contributed by atoms with Crippen molar-refractivity contribution in [2.45, 2.75) is 19.3 Å². The van der Waals surface area contributed by atoms with E-state index in [1.807, 2.05) is 24.3 Å². The standard InChI is InChI=1S/C31H24O4/c1-17-26-13-12-23-15-25(18-2-6-20(7-3-18)30(32)33)14-22-10-11-24(29(26)28(22)23)16-27(17)19-4-8-21(9-5-19)31(34)35/h2-6,8-17,20,26H,7H2,1H3,(H,32,33)(H,34,35). The highest BCUT2D eigenvalue weighted by molar-refractivity contribution is 6.03. The van der Waals surface area contributed by atoms with Crippen LogP contribution in [-0.4, -0.2) is 22.2 Å². The summed E-state index contributed by atoms with van der Waals surface area (Å²) in [5.74, 6) is -1.65. The number of rotatable bonds is 4. The zero-order valence-electron chi connectivity index (χ0n) is 19.2. The number of allylic oxidation sites excluding steroid dienone is 5. The van der Waals surface area contributed by atoms with Crippen LogP contribution in [0.3, 0.4) is 0 Å². The lowest BCUT2D eigenvalue weighted by Crippen LogP contribution is -2.18. The zero-order valence-corrected chi connectivity index (χ0v) is 19.2. The smallest absolute Gasteiger partial charge is 0.335 e. The predicted octanol–water partition coefficient (Wildman–Crippen LogP) is 6.88. The van der Waals surface area contributed by atoms with E-state index < -0.39 is 17.9 Å². The predicted molar refractivity (Wildman–Crippen MR) is 139 cm³/mol. The van der Waals surface area contributed by atoms with Gasteiger partial charge in [0.1, 0.15) is 0 Å². The molecule has 0 fully saturated rings. The van der Waals surface area contributed by atoms with Gasteiger partial charge in [-0.15, -0.1) is 0 Å². The molecule has 35 heavy (non-hydrogen) atoms. The molecule has 0 heterocycles. The van der Waals surface area contributed by atoms with Crippen LogP contribution in [0.15, 0.2) is 72.8 Å². The van der Waals surface area contributed by atoms with Crippen molar-refractivity contribution in [1.82, 2.24) is 0 Å². The molecule has 172 valence electrons. The molecule has 3 atom stereocenters. The van der Waals surface area contributed by atoms with Crippen molar-refractivity contribution in [3.05, 3.63) is 106 Å². The Bertz CT molecular complexity index is 1530. The van der Waals surface area contributed by atoms with E-state index in [1.54, 1.807) is 18.2 Å². The first-order valence-corrected chi connectivity index (χ1v) is 11.9. The van der Waals surface area contributed by atoms with Crippen molar-refractivity contribution in [2.75, 3.05) is 0 Å². The number of hydrogen-bond donors (Lipinski definition) is 2. The van der Waals surface area contributed by atoms with E-state index in [-0.39, 0.29) is 11.8 Å². The number of aromatic carboxylic acids is 1. The minimum absolute atomic E-state index is 0.247. The van der Waals surface area contributed by atoms with Crippen LogP contribution < -0.4 is 0 Å². The summed E-state index contributed by atoms with van der Waals surface area (Å²) in [4.78, 5) is 22.5. The Morgan fingerprint density at radius 2 is 1.69 bits per heavy atom. The van der Waals surface area contributed by atoms with Gasteiger partial charge < -0.3 is 10.2 Å². The minimum Gasteiger partial charge on any atom is -0.481 e. The summed E-state index contributed by atoms with van der Waals surface area (Å²) in [6.07, 6.45) is 13.0. The first-order chi connectivity index (χ1) is 16.9. The summed E-state index contributed by atoms with van der Waals surface area (Å²) in [5.41, 5.74) is 8.48. The second-order valence-electron chi connectivity index (χ2n) is 9.59. The van der Waals surface area contributed by atoms with Gasteiger partial charge in [-0.1, -0.05) is 67.6 Å². The third kappa shape index (κ3) is 3.45. The van der Waals surface area contributed by atoms with Gasteiger partial charge in [0.25, 0.3) is 0 Å². The Hall–Kier alpha value is -4.18. The molecule has 0 saturated carbocycles. The van der Waals surface area contributed by atoms with Crippen LogP contribution in [0.2, 0.25) is 0 Å². The molecule has 0 amide bonds. The second kappa shape index (κ2) is 7.95. The van der Waals surface area contributed by atoms with E-state index in [2.05, 4.69) is 49.4 Å². The molecular weight excluding hydrogens is 436 g/mol. The maximum Gasteiger partial charge on any atom is 0.335 e. The van der Waals surface area contributed by atoms with Gasteiger partial charge in [0, 0.05) is 5.92 Å². The summed E-state index contributed by atoms with van der Waals surface area (Å²) in [6.45, 7) is 2.24. The molecule has 3 aliphatic carbocycles. The van der Waals surface area contributed by atoms with Crippen LogP contribution in [0, 0.1) is 11.8 Å². The maximum absolute atomic E-state index is 11.3. The normalized spacial score (nSPS) is 22.0. The van der Waals surface area contributed by atoms with Crippen molar-refractivity contribution in [3.8, 4) is 0 Å². The van der Waals surface area contributed by atoms with Crippen LogP contribution in [0.1, 0.15) is 57.4 Å². The molecule has 0 saturated heterocycles. The molecule has 3 unspecified atom stereocenters. The number of carbonyl (C=O) groups is 2. The molecule has 0 aliphatic heterocycles. The number of carboxylic acids is 2. The summed E-state index contributed by atoms with van der Waals surface area (Å²) >= 11 is 0. The van der Waals surface area contributed by atoms with Gasteiger partial charge in [0.05, 0.1) is 11.5 Å². The SMILES string of the molecule is CC1C(c2ccc(C(=O)O)cc2)=Cc2ccc3cc(C4=CCC(C(=O)O)C=C4)cc4c3c2C1C=C4. The number of benzene rings is 3. The fourth-order valence-corrected chi connectivity index (χ4v) is 5.71. The highest BCUT2D eigenvalue weighted by Gasteiger charge is 2.31. The number of hydrogen-bond acceptors (Lipinski definition) is 2. The van der Waals surface area contributed by atoms with Crippen LogP contribution >= 0.6 is 0 Å². The third-order valence-electron chi connectivity index (χ3n) is 7.59. The Kier molecular flexibility index (Phi) is 4.85. The van der Waals surface area contributed by atoms with Crippen molar-refractivity contribution in [1.29, 1.82) is 0 Å². The van der Waals surface area contributed by atoms with E-state index in [4.69, 9.17) is 0 Å². The van der Waals surface area contributed by atoms with Gasteiger partial charge in [-0.2, -0.15) is 0 Å². The second-order valence-corrected chi connectivity index (χ2v) is 9.59. The van der Waals surface area contributed by atoms with E-state index in [1.165, 1.54) is 33.0 Å². The molecule has 4 heteroatoms. The molecule has 6 rings (SSSR count). The molecule has 0 spiro atoms. The molecular formula is C31H24O4. The number of carboxylic acid groups (broad SMARTS) is 2. The first-order valence-electron chi connectivity index (χ1n) is 11.9. The Morgan fingerprint density at radius 1 is 0.886 bits per heavy atom. The van der Waals surface area contributed by atoms with E-state index >= 15 is 0 Å². The van der Waals surface area contributed by atoms with Crippen molar-refractivity contribution in [2.24, 2.45) is 11.8 Å². The molecule has 3 aromatic rings. The van der Waals surface area contributed by atoms with E-state index in [0.717, 1.165) is 16.7 Å². The van der Waals surface area contributed by atoms with Crippen molar-refractivity contribution >= 4 is 46.0 Å². The lowest BCUT2D eigenvalue weighted by molar-refractivity contribution is -0.139. The van der Waals surface area contributed by atoms with Gasteiger partial charge >= 0.3 is 11.9 Å². The highest BCUT2D eigenvalue weighted by atomic mass is 16.4. The topological polar surface area (TPSA) is 74.6 Å². The lowest BCUT2D eigenvalue weighted by Gasteiger charge is -2.34. The molecule has 2 N–H and O–H groups in total. The summed E-state index contributed by atoms with van der Waals surface area (Å²) < 4.78 is 0. The summed E-state index contributed by atoms with van der Waals surface area (Å²) in [5, 5.41) is 21.0. The maximum atomic E-state index is 11.3. The van der Waals surface area contributed by atoms with Gasteiger partial charge in [-0.3, -0.25) is 4.79 Å². The Balaban J connectivity index is 1.43. The van der Waals surface area contributed by atoms with E-state index in [0.29, 0.717) is 12.0 Å². The number of aliphatic carboxylic acids is 1. The minimum atomic E-state index is -0.915. The molecule has 3 aliphatic rings. The van der Waals surface area contributed by atoms with E-state index in [9.17, 15) is 19.8 Å². The zero-order chi connectivity index (χ0) is 24.3. The van der Waals surface area contributed by atoms with Gasteiger partial charge in [-0.05, 0) is 86.3 Å². The largest absolute Gasteiger partial charge is 0.481 e. The Morgan fingerprint density at radius 3 is 2.37 bits per heavy atom. The molecule has 0 bridgehead atoms. The fourth-order valence-electron chi connectivity index (χ4n) is 5.71. The molecule has 4 nitrogen and oxygen atoms in total. The average molecular weight is 461 g/mol. The lowest BCUT2D eigenvalue weighted by atomic mass is 9.69. The average Bonchev–Trinajstić information content (AvgIpc) is 2.88. The first kappa shape index (κ1) is 21.4. The monoisotopic (exact) mass is 460 g/mol. The van der Waals surface area contributed by atoms with Gasteiger partial charge in [0.15, 0.2) is 0 Å². The molecule has 0 aromatic heterocycles. The van der Waals surface area contributed by atoms with Gasteiger partial charge in [-0.25, -0.2) is 4.79 Å². The van der Waals surface area contributed by atoms with Crippen molar-refractivity contribution in [3.63, 3.8) is 0 Å². The Labute approximate surface area is 203 Å². The van der Waals surface area contributed by atoms with Crippen LogP contribution in [0.4, 0.5) is 0 Å².